The van der Waals surface area contributed by atoms with E-state index < -0.39 is 0 Å². The molecule has 1 saturated carbocycles. The normalized spacial score (nSPS) is 20.8. The summed E-state index contributed by atoms with van der Waals surface area (Å²) in [5, 5.41) is 3.57. The fourth-order valence-electron chi connectivity index (χ4n) is 2.97. The monoisotopic (exact) mass is 275 g/mol. The van der Waals surface area contributed by atoms with Crippen LogP contribution in [0.3, 0.4) is 0 Å². The maximum absolute atomic E-state index is 5.31. The number of methoxy groups -OCH3 is 1. The second-order valence-electron chi connectivity index (χ2n) is 6.00. The van der Waals surface area contributed by atoms with Crippen LogP contribution in [0.4, 0.5) is 11.5 Å². The van der Waals surface area contributed by atoms with Gasteiger partial charge < -0.3 is 15.0 Å². The summed E-state index contributed by atoms with van der Waals surface area (Å²) in [7, 11) is 1.77. The minimum atomic E-state index is 0.433. The van der Waals surface area contributed by atoms with Gasteiger partial charge in [-0.05, 0) is 50.2 Å². The number of pyridine rings is 1. The van der Waals surface area contributed by atoms with Crippen LogP contribution >= 0.6 is 0 Å². The highest BCUT2D eigenvalue weighted by atomic mass is 16.5. The van der Waals surface area contributed by atoms with Gasteiger partial charge in [-0.25, -0.2) is 4.98 Å². The number of nitrogens with zero attached hydrogens (tertiary/aromatic N) is 2. The molecule has 0 spiro atoms. The molecule has 1 N–H and O–H groups in total. The lowest BCUT2D eigenvalue weighted by Gasteiger charge is -2.28. The van der Waals surface area contributed by atoms with Crippen molar-refractivity contribution >= 4 is 11.5 Å². The largest absolute Gasteiger partial charge is 0.383 e. The highest BCUT2D eigenvalue weighted by Gasteiger charge is 2.31. The Hall–Kier alpha value is -1.29. The van der Waals surface area contributed by atoms with Crippen LogP contribution in [0.5, 0.6) is 0 Å². The standard InChI is InChI=1S/C16H25N3O/c1-20-12-15(13-5-6-13)18-14-7-8-16(17-11-14)19-9-3-2-4-10-19/h7-8,11,13,15,18H,2-6,9-10,12H2,1H3. The third-order valence-electron chi connectivity index (χ3n) is 4.32. The van der Waals surface area contributed by atoms with Crippen molar-refractivity contribution in [2.24, 2.45) is 5.92 Å². The van der Waals surface area contributed by atoms with E-state index in [1.54, 1.807) is 7.11 Å². The first-order valence-electron chi connectivity index (χ1n) is 7.83. The smallest absolute Gasteiger partial charge is 0.128 e. The zero-order valence-electron chi connectivity index (χ0n) is 12.3. The maximum atomic E-state index is 5.31. The molecular weight excluding hydrogens is 250 g/mol. The molecule has 3 rings (SSSR count). The summed E-state index contributed by atoms with van der Waals surface area (Å²) in [6, 6.07) is 4.73. The number of piperidine rings is 1. The van der Waals surface area contributed by atoms with Crippen LogP contribution in [0.2, 0.25) is 0 Å². The zero-order valence-corrected chi connectivity index (χ0v) is 12.3. The van der Waals surface area contributed by atoms with Gasteiger partial charge in [0.15, 0.2) is 0 Å². The highest BCUT2D eigenvalue weighted by molar-refractivity contribution is 5.49. The van der Waals surface area contributed by atoms with Crippen LogP contribution in [-0.4, -0.2) is 37.8 Å². The third-order valence-corrected chi connectivity index (χ3v) is 4.32. The van der Waals surface area contributed by atoms with E-state index >= 15 is 0 Å². The van der Waals surface area contributed by atoms with E-state index in [0.717, 1.165) is 37.1 Å². The Labute approximate surface area is 121 Å². The predicted molar refractivity (Wildman–Crippen MR) is 82.3 cm³/mol. The van der Waals surface area contributed by atoms with E-state index in [4.69, 9.17) is 4.74 Å². The molecule has 1 saturated heterocycles. The minimum absolute atomic E-state index is 0.433. The number of ether oxygens (including phenoxy) is 1. The van der Waals surface area contributed by atoms with Crippen LogP contribution in [0.1, 0.15) is 32.1 Å². The van der Waals surface area contributed by atoms with Crippen LogP contribution in [-0.2, 0) is 4.74 Å². The second kappa shape index (κ2) is 6.44. The van der Waals surface area contributed by atoms with E-state index in [1.165, 1.54) is 32.1 Å². The van der Waals surface area contributed by atoms with Gasteiger partial charge in [-0.1, -0.05) is 0 Å². The molecule has 0 bridgehead atoms. The average molecular weight is 275 g/mol. The Morgan fingerprint density at radius 3 is 2.70 bits per heavy atom. The Balaban J connectivity index is 1.60. The number of hydrogen-bond acceptors (Lipinski definition) is 4. The average Bonchev–Trinajstić information content (AvgIpc) is 3.33. The summed E-state index contributed by atoms with van der Waals surface area (Å²) in [5.74, 6) is 1.89. The van der Waals surface area contributed by atoms with Crippen molar-refractivity contribution in [3.63, 3.8) is 0 Å². The molecule has 2 aliphatic rings. The van der Waals surface area contributed by atoms with E-state index in [2.05, 4.69) is 27.3 Å². The van der Waals surface area contributed by atoms with Crippen LogP contribution in [0.15, 0.2) is 18.3 Å². The molecule has 1 aliphatic carbocycles. The van der Waals surface area contributed by atoms with Crippen LogP contribution < -0.4 is 10.2 Å². The van der Waals surface area contributed by atoms with Crippen molar-refractivity contribution in [2.45, 2.75) is 38.1 Å². The van der Waals surface area contributed by atoms with Gasteiger partial charge in [-0.2, -0.15) is 0 Å². The van der Waals surface area contributed by atoms with Gasteiger partial charge in [-0.3, -0.25) is 0 Å². The van der Waals surface area contributed by atoms with Crippen molar-refractivity contribution < 1.29 is 4.74 Å². The zero-order chi connectivity index (χ0) is 13.8. The molecule has 4 heteroatoms. The maximum Gasteiger partial charge on any atom is 0.128 e. The van der Waals surface area contributed by atoms with Crippen molar-refractivity contribution in [3.05, 3.63) is 18.3 Å². The van der Waals surface area contributed by atoms with Gasteiger partial charge >= 0.3 is 0 Å². The quantitative estimate of drug-likeness (QED) is 0.866. The molecule has 4 nitrogen and oxygen atoms in total. The van der Waals surface area contributed by atoms with E-state index in [0.29, 0.717) is 6.04 Å². The summed E-state index contributed by atoms with van der Waals surface area (Å²) in [6.07, 6.45) is 8.55. The fraction of sp³-hybridized carbons (Fsp3) is 0.688. The van der Waals surface area contributed by atoms with Gasteiger partial charge in [0.1, 0.15) is 5.82 Å². The van der Waals surface area contributed by atoms with Gasteiger partial charge in [0, 0.05) is 20.2 Å². The number of rotatable bonds is 6. The summed E-state index contributed by atoms with van der Waals surface area (Å²) in [6.45, 7) is 3.07. The molecule has 0 aromatic carbocycles. The summed E-state index contributed by atoms with van der Waals surface area (Å²) < 4.78 is 5.31. The molecule has 2 heterocycles. The van der Waals surface area contributed by atoms with Crippen molar-refractivity contribution in [3.8, 4) is 0 Å². The minimum Gasteiger partial charge on any atom is -0.383 e. The topological polar surface area (TPSA) is 37.4 Å². The van der Waals surface area contributed by atoms with Gasteiger partial charge in [0.2, 0.25) is 0 Å². The lowest BCUT2D eigenvalue weighted by molar-refractivity contribution is 0.179. The summed E-state index contributed by atoms with van der Waals surface area (Å²) >= 11 is 0. The second-order valence-corrected chi connectivity index (χ2v) is 6.00. The fourth-order valence-corrected chi connectivity index (χ4v) is 2.97. The lowest BCUT2D eigenvalue weighted by Crippen LogP contribution is -2.30. The SMILES string of the molecule is COCC(Nc1ccc(N2CCCCC2)nc1)C1CC1. The first-order chi connectivity index (χ1) is 9.86. The first kappa shape index (κ1) is 13.7. The third kappa shape index (κ3) is 3.42. The Kier molecular flexibility index (Phi) is 4.41. The van der Waals surface area contributed by atoms with Gasteiger partial charge in [-0.15, -0.1) is 0 Å². The Morgan fingerprint density at radius 2 is 2.10 bits per heavy atom. The molecule has 110 valence electrons. The van der Waals surface area contributed by atoms with Crippen LogP contribution in [0, 0.1) is 5.92 Å². The van der Waals surface area contributed by atoms with Crippen molar-refractivity contribution in [1.82, 2.24) is 4.98 Å². The molecule has 1 aromatic heterocycles. The molecule has 20 heavy (non-hydrogen) atoms. The van der Waals surface area contributed by atoms with E-state index in [1.807, 2.05) is 6.20 Å². The van der Waals surface area contributed by atoms with E-state index in [9.17, 15) is 0 Å². The summed E-state index contributed by atoms with van der Waals surface area (Å²) in [5.41, 5.74) is 1.11. The number of aromatic nitrogens is 1. The number of nitrogens with one attached hydrogen (secondary N) is 1. The van der Waals surface area contributed by atoms with Crippen molar-refractivity contribution in [1.29, 1.82) is 0 Å². The lowest BCUT2D eigenvalue weighted by atomic mass is 10.1. The summed E-state index contributed by atoms with van der Waals surface area (Å²) in [4.78, 5) is 7.01. The molecule has 1 atom stereocenters. The first-order valence-corrected chi connectivity index (χ1v) is 7.83. The molecule has 1 unspecified atom stereocenters. The molecular formula is C16H25N3O. The van der Waals surface area contributed by atoms with E-state index in [-0.39, 0.29) is 0 Å². The van der Waals surface area contributed by atoms with Gasteiger partial charge in [0.25, 0.3) is 0 Å². The predicted octanol–water partition coefficient (Wildman–Crippen LogP) is 2.91. The molecule has 0 radical (unpaired) electrons. The Bertz CT molecular complexity index is 410. The molecule has 1 aliphatic heterocycles. The molecule has 1 aromatic rings. The number of hydrogen-bond donors (Lipinski definition) is 1. The highest BCUT2D eigenvalue weighted by Crippen LogP contribution is 2.34. The number of anilines is 2. The molecule has 0 amide bonds. The van der Waals surface area contributed by atoms with Crippen LogP contribution in [0.25, 0.3) is 0 Å². The molecule has 2 fully saturated rings. The Morgan fingerprint density at radius 1 is 1.30 bits per heavy atom. The van der Waals surface area contributed by atoms with Gasteiger partial charge in [0.05, 0.1) is 24.5 Å². The van der Waals surface area contributed by atoms with Crippen molar-refractivity contribution in [2.75, 3.05) is 37.0 Å².